The Kier molecular flexibility index (Phi) is 5.48. The molecule has 1 rings (SSSR count). The van der Waals surface area contributed by atoms with E-state index in [0.29, 0.717) is 11.0 Å². The number of halogens is 1. The average Bonchev–Trinajstić information content (AvgIpc) is 2.25. The van der Waals surface area contributed by atoms with Crippen LogP contribution in [0.3, 0.4) is 0 Å². The second kappa shape index (κ2) is 6.65. The fraction of sp³-hybridized carbons (Fsp3) is 0.600. The van der Waals surface area contributed by atoms with Gasteiger partial charge in [-0.05, 0) is 28.9 Å². The molecular formula is C10H16BrN3O2. The van der Waals surface area contributed by atoms with Crippen molar-refractivity contribution < 1.29 is 0 Å². The van der Waals surface area contributed by atoms with Gasteiger partial charge in [0.25, 0.3) is 5.56 Å². The van der Waals surface area contributed by atoms with Crippen LogP contribution in [0.1, 0.15) is 19.8 Å². The Hall–Kier alpha value is -0.880. The summed E-state index contributed by atoms with van der Waals surface area (Å²) in [5, 5.41) is 3.23. The van der Waals surface area contributed by atoms with E-state index >= 15 is 0 Å². The first-order chi connectivity index (χ1) is 7.65. The average molecular weight is 290 g/mol. The molecule has 2 N–H and O–H groups in total. The second-order valence-electron chi connectivity index (χ2n) is 3.53. The molecule has 6 heteroatoms. The predicted molar refractivity (Wildman–Crippen MR) is 66.8 cm³/mol. The molecule has 0 aliphatic rings. The lowest BCUT2D eigenvalue weighted by molar-refractivity contribution is 0.560. The molecule has 0 unspecified atom stereocenters. The third-order valence-electron chi connectivity index (χ3n) is 2.20. The fourth-order valence-corrected chi connectivity index (χ4v) is 1.62. The molecule has 16 heavy (non-hydrogen) atoms. The summed E-state index contributed by atoms with van der Waals surface area (Å²) >= 11 is 3.09. The Balaban J connectivity index is 2.51. The normalized spacial score (nSPS) is 10.6. The first-order valence-electron chi connectivity index (χ1n) is 5.35. The second-order valence-corrected chi connectivity index (χ2v) is 4.39. The van der Waals surface area contributed by atoms with Crippen molar-refractivity contribution in [2.45, 2.75) is 26.3 Å². The third kappa shape index (κ3) is 3.94. The zero-order valence-electron chi connectivity index (χ0n) is 9.25. The van der Waals surface area contributed by atoms with Crippen LogP contribution in [0, 0.1) is 0 Å². The van der Waals surface area contributed by atoms with Crippen molar-refractivity contribution in [3.8, 4) is 0 Å². The zero-order valence-corrected chi connectivity index (χ0v) is 10.8. The molecule has 0 aliphatic heterocycles. The Labute approximate surface area is 102 Å². The highest BCUT2D eigenvalue weighted by molar-refractivity contribution is 9.10. The van der Waals surface area contributed by atoms with E-state index in [1.807, 2.05) is 0 Å². The molecule has 1 aromatic rings. The summed E-state index contributed by atoms with van der Waals surface area (Å²) in [6.45, 7) is 4.36. The van der Waals surface area contributed by atoms with Crippen LogP contribution < -0.4 is 16.6 Å². The van der Waals surface area contributed by atoms with Gasteiger partial charge in [0.1, 0.15) is 0 Å². The van der Waals surface area contributed by atoms with E-state index in [4.69, 9.17) is 0 Å². The lowest BCUT2D eigenvalue weighted by atomic mass is 10.3. The molecule has 0 aliphatic carbocycles. The topological polar surface area (TPSA) is 66.9 Å². The van der Waals surface area contributed by atoms with Gasteiger partial charge in [0.15, 0.2) is 0 Å². The Morgan fingerprint density at radius 3 is 2.88 bits per heavy atom. The monoisotopic (exact) mass is 289 g/mol. The maximum Gasteiger partial charge on any atom is 0.328 e. The minimum absolute atomic E-state index is 0.370. The quantitative estimate of drug-likeness (QED) is 0.757. The van der Waals surface area contributed by atoms with Gasteiger partial charge in [0, 0.05) is 19.3 Å². The predicted octanol–water partition coefficient (Wildman–Crippen LogP) is 0.689. The van der Waals surface area contributed by atoms with Crippen molar-refractivity contribution in [1.82, 2.24) is 14.9 Å². The lowest BCUT2D eigenvalue weighted by Gasteiger charge is -2.06. The van der Waals surface area contributed by atoms with Crippen molar-refractivity contribution in [3.63, 3.8) is 0 Å². The fourth-order valence-electron chi connectivity index (χ4n) is 1.28. The molecule has 0 fully saturated rings. The maximum absolute atomic E-state index is 11.4. The molecule has 0 spiro atoms. The SMILES string of the molecule is CCCCNCCn1cc(Br)c(=O)[nH]c1=O. The van der Waals surface area contributed by atoms with E-state index < -0.39 is 0 Å². The van der Waals surface area contributed by atoms with E-state index in [0.717, 1.165) is 25.9 Å². The smallest absolute Gasteiger partial charge is 0.315 e. The van der Waals surface area contributed by atoms with Crippen molar-refractivity contribution in [3.05, 3.63) is 31.5 Å². The van der Waals surface area contributed by atoms with Gasteiger partial charge in [0.05, 0.1) is 4.47 Å². The van der Waals surface area contributed by atoms with Gasteiger partial charge < -0.3 is 5.32 Å². The number of unbranched alkanes of at least 4 members (excludes halogenated alkanes) is 1. The van der Waals surface area contributed by atoms with Crippen molar-refractivity contribution in [2.24, 2.45) is 0 Å². The largest absolute Gasteiger partial charge is 0.328 e. The summed E-state index contributed by atoms with van der Waals surface area (Å²) in [4.78, 5) is 24.7. The molecule has 90 valence electrons. The van der Waals surface area contributed by atoms with Crippen molar-refractivity contribution >= 4 is 15.9 Å². The molecule has 0 saturated carbocycles. The minimum atomic E-state index is -0.389. The number of hydrogen-bond acceptors (Lipinski definition) is 3. The summed E-state index contributed by atoms with van der Waals surface area (Å²) in [5.74, 6) is 0. The molecular weight excluding hydrogens is 274 g/mol. The van der Waals surface area contributed by atoms with Gasteiger partial charge >= 0.3 is 5.69 Å². The first kappa shape index (κ1) is 13.2. The molecule has 1 aromatic heterocycles. The number of hydrogen-bond donors (Lipinski definition) is 2. The highest BCUT2D eigenvalue weighted by Gasteiger charge is 2.00. The van der Waals surface area contributed by atoms with E-state index in [-0.39, 0.29) is 11.2 Å². The van der Waals surface area contributed by atoms with Gasteiger partial charge in [-0.15, -0.1) is 0 Å². The standard InChI is InChI=1S/C10H16BrN3O2/c1-2-3-4-12-5-6-14-7-8(11)9(15)13-10(14)16/h7,12H,2-6H2,1H3,(H,13,15,16). The molecule has 0 radical (unpaired) electrons. The summed E-state index contributed by atoms with van der Waals surface area (Å²) in [6, 6.07) is 0. The van der Waals surface area contributed by atoms with Gasteiger partial charge in [0.2, 0.25) is 0 Å². The number of nitrogens with zero attached hydrogens (tertiary/aromatic N) is 1. The van der Waals surface area contributed by atoms with Crippen LogP contribution in [-0.2, 0) is 6.54 Å². The van der Waals surface area contributed by atoms with E-state index in [2.05, 4.69) is 33.2 Å². The van der Waals surface area contributed by atoms with Crippen LogP contribution >= 0.6 is 15.9 Å². The summed E-state index contributed by atoms with van der Waals surface area (Å²) < 4.78 is 1.85. The Bertz CT molecular complexity index is 438. The molecule has 0 aromatic carbocycles. The van der Waals surface area contributed by atoms with Crippen molar-refractivity contribution in [2.75, 3.05) is 13.1 Å². The number of aromatic amines is 1. The van der Waals surface area contributed by atoms with Crippen LogP contribution in [0.15, 0.2) is 20.3 Å². The van der Waals surface area contributed by atoms with Gasteiger partial charge in [-0.3, -0.25) is 14.3 Å². The van der Waals surface area contributed by atoms with Gasteiger partial charge in [-0.1, -0.05) is 13.3 Å². The van der Waals surface area contributed by atoms with Crippen LogP contribution in [0.5, 0.6) is 0 Å². The van der Waals surface area contributed by atoms with Gasteiger partial charge in [-0.25, -0.2) is 4.79 Å². The Morgan fingerprint density at radius 2 is 2.19 bits per heavy atom. The molecule has 5 nitrogen and oxygen atoms in total. The van der Waals surface area contributed by atoms with Crippen LogP contribution in [0.25, 0.3) is 0 Å². The van der Waals surface area contributed by atoms with Crippen molar-refractivity contribution in [1.29, 1.82) is 0 Å². The number of H-pyrrole nitrogens is 1. The van der Waals surface area contributed by atoms with E-state index in [9.17, 15) is 9.59 Å². The molecule has 0 atom stereocenters. The van der Waals surface area contributed by atoms with E-state index in [1.165, 1.54) is 10.8 Å². The Morgan fingerprint density at radius 1 is 1.44 bits per heavy atom. The lowest BCUT2D eigenvalue weighted by Crippen LogP contribution is -2.33. The minimum Gasteiger partial charge on any atom is -0.315 e. The number of nitrogens with one attached hydrogen (secondary N) is 2. The number of aromatic nitrogens is 2. The third-order valence-corrected chi connectivity index (χ3v) is 2.77. The molecule has 1 heterocycles. The highest BCUT2D eigenvalue weighted by Crippen LogP contribution is 1.97. The zero-order chi connectivity index (χ0) is 12.0. The van der Waals surface area contributed by atoms with Gasteiger partial charge in [-0.2, -0.15) is 0 Å². The summed E-state index contributed by atoms with van der Waals surface area (Å²) in [6.07, 6.45) is 3.80. The molecule has 0 bridgehead atoms. The molecule has 0 amide bonds. The summed E-state index contributed by atoms with van der Waals surface area (Å²) in [7, 11) is 0. The molecule has 0 saturated heterocycles. The maximum atomic E-state index is 11.4. The van der Waals surface area contributed by atoms with Crippen LogP contribution in [0.4, 0.5) is 0 Å². The number of rotatable bonds is 6. The van der Waals surface area contributed by atoms with Crippen LogP contribution in [0.2, 0.25) is 0 Å². The van der Waals surface area contributed by atoms with Crippen LogP contribution in [-0.4, -0.2) is 22.6 Å². The highest BCUT2D eigenvalue weighted by atomic mass is 79.9. The van der Waals surface area contributed by atoms with E-state index in [1.54, 1.807) is 0 Å². The summed E-state index contributed by atoms with van der Waals surface area (Å²) in [5.41, 5.74) is -0.759. The first-order valence-corrected chi connectivity index (χ1v) is 6.14.